The van der Waals surface area contributed by atoms with Crippen molar-refractivity contribution < 1.29 is 4.79 Å². The van der Waals surface area contributed by atoms with Crippen LogP contribution in [0.2, 0.25) is 0 Å². The average molecular weight is 261 g/mol. The zero-order chi connectivity index (χ0) is 13.0. The number of halogens is 1. The van der Waals surface area contributed by atoms with Crippen LogP contribution >= 0.6 is 11.6 Å². The van der Waals surface area contributed by atoms with Crippen LogP contribution in [-0.4, -0.2) is 10.9 Å². The lowest BCUT2D eigenvalue weighted by Gasteiger charge is -2.12. The second kappa shape index (κ2) is 5.65. The summed E-state index contributed by atoms with van der Waals surface area (Å²) < 4.78 is 0. The van der Waals surface area contributed by atoms with Gasteiger partial charge in [-0.2, -0.15) is 0 Å². The van der Waals surface area contributed by atoms with Gasteiger partial charge in [-0.15, -0.1) is 11.6 Å². The Morgan fingerprint density at radius 3 is 2.67 bits per heavy atom. The van der Waals surface area contributed by atoms with E-state index in [9.17, 15) is 4.79 Å². The molecule has 2 rings (SSSR count). The zero-order valence-corrected chi connectivity index (χ0v) is 10.7. The molecule has 0 aliphatic rings. The molecular weight excluding hydrogens is 248 g/mol. The molecule has 0 fully saturated rings. The number of benzene rings is 1. The van der Waals surface area contributed by atoms with Gasteiger partial charge < -0.3 is 5.32 Å². The number of amides is 1. The molecule has 0 saturated heterocycles. The van der Waals surface area contributed by atoms with Crippen LogP contribution in [0.4, 0.5) is 5.69 Å². The van der Waals surface area contributed by atoms with Crippen molar-refractivity contribution in [1.82, 2.24) is 4.98 Å². The fourth-order valence-electron chi connectivity index (χ4n) is 1.56. The first kappa shape index (κ1) is 12.6. The highest BCUT2D eigenvalue weighted by Crippen LogP contribution is 2.22. The third-order valence-corrected chi connectivity index (χ3v) is 3.07. The largest absolute Gasteiger partial charge is 0.323 e. The number of carbonyl (C=O) groups is 1. The molecule has 0 aliphatic carbocycles. The average Bonchev–Trinajstić information content (AvgIpc) is 2.41. The van der Waals surface area contributed by atoms with E-state index < -0.39 is 5.38 Å². The summed E-state index contributed by atoms with van der Waals surface area (Å²) in [6.45, 7) is 1.91. The van der Waals surface area contributed by atoms with Crippen molar-refractivity contribution >= 4 is 23.2 Å². The molecule has 1 amide bonds. The molecule has 18 heavy (non-hydrogen) atoms. The first-order valence-corrected chi connectivity index (χ1v) is 6.02. The van der Waals surface area contributed by atoms with Crippen LogP contribution in [0.25, 0.3) is 0 Å². The molecule has 1 heterocycles. The van der Waals surface area contributed by atoms with Gasteiger partial charge >= 0.3 is 0 Å². The number of alkyl halides is 1. The minimum atomic E-state index is -0.703. The maximum Gasteiger partial charge on any atom is 0.247 e. The van der Waals surface area contributed by atoms with Gasteiger partial charge in [-0.25, -0.2) is 0 Å². The lowest BCUT2D eigenvalue weighted by atomic mass is 10.1. The molecule has 92 valence electrons. The normalized spacial score (nSPS) is 11.9. The van der Waals surface area contributed by atoms with Crippen LogP contribution in [0.5, 0.6) is 0 Å². The van der Waals surface area contributed by atoms with Crippen molar-refractivity contribution in [2.45, 2.75) is 12.3 Å². The van der Waals surface area contributed by atoms with Crippen molar-refractivity contribution in [3.63, 3.8) is 0 Å². The first-order valence-electron chi connectivity index (χ1n) is 5.59. The smallest absolute Gasteiger partial charge is 0.247 e. The summed E-state index contributed by atoms with van der Waals surface area (Å²) in [6, 6.07) is 11.1. The third-order valence-electron chi connectivity index (χ3n) is 2.62. The Hall–Kier alpha value is -1.87. The summed E-state index contributed by atoms with van der Waals surface area (Å²) in [5, 5.41) is 2.07. The van der Waals surface area contributed by atoms with Crippen LogP contribution in [0.15, 0.2) is 48.8 Å². The molecule has 0 radical (unpaired) electrons. The molecule has 1 atom stereocenters. The predicted octanol–water partition coefficient (Wildman–Crippen LogP) is 3.31. The minimum absolute atomic E-state index is 0.251. The van der Waals surface area contributed by atoms with E-state index in [1.165, 1.54) is 0 Å². The molecule has 1 aromatic carbocycles. The molecule has 4 heteroatoms. The Bertz CT molecular complexity index is 543. The molecule has 3 nitrogen and oxygen atoms in total. The Labute approximate surface area is 111 Å². The highest BCUT2D eigenvalue weighted by Gasteiger charge is 2.17. The van der Waals surface area contributed by atoms with Gasteiger partial charge in [-0.05, 0) is 24.1 Å². The van der Waals surface area contributed by atoms with E-state index in [-0.39, 0.29) is 5.91 Å². The standard InChI is InChI=1S/C14H13ClN2O/c1-10-7-8-16-9-12(10)17-14(18)13(15)11-5-3-2-4-6-11/h2-9,13H,1H3,(H,17,18). The molecular formula is C14H13ClN2O. The Balaban J connectivity index is 2.12. The first-order chi connectivity index (χ1) is 8.68. The van der Waals surface area contributed by atoms with Crippen molar-refractivity contribution in [2.24, 2.45) is 0 Å². The number of nitrogens with one attached hydrogen (secondary N) is 1. The maximum absolute atomic E-state index is 12.0. The van der Waals surface area contributed by atoms with Gasteiger partial charge in [0, 0.05) is 6.20 Å². The Kier molecular flexibility index (Phi) is 3.95. The number of anilines is 1. The molecule has 0 saturated carbocycles. The summed E-state index contributed by atoms with van der Waals surface area (Å²) in [5.41, 5.74) is 2.41. The summed E-state index contributed by atoms with van der Waals surface area (Å²) in [5.74, 6) is -0.251. The van der Waals surface area contributed by atoms with E-state index >= 15 is 0 Å². The predicted molar refractivity (Wildman–Crippen MR) is 72.6 cm³/mol. The van der Waals surface area contributed by atoms with Crippen molar-refractivity contribution in [3.05, 3.63) is 59.9 Å². The van der Waals surface area contributed by atoms with Gasteiger partial charge in [0.2, 0.25) is 5.91 Å². The number of aromatic nitrogens is 1. The van der Waals surface area contributed by atoms with E-state index in [4.69, 9.17) is 11.6 Å². The number of pyridine rings is 1. The van der Waals surface area contributed by atoms with E-state index in [2.05, 4.69) is 10.3 Å². The lowest BCUT2D eigenvalue weighted by Crippen LogP contribution is -2.18. The molecule has 0 aliphatic heterocycles. The zero-order valence-electron chi connectivity index (χ0n) is 9.93. The molecule has 1 unspecified atom stereocenters. The fourth-order valence-corrected chi connectivity index (χ4v) is 1.76. The van der Waals surface area contributed by atoms with Crippen LogP contribution in [-0.2, 0) is 4.79 Å². The monoisotopic (exact) mass is 260 g/mol. The van der Waals surface area contributed by atoms with Gasteiger partial charge in [0.05, 0.1) is 11.9 Å². The minimum Gasteiger partial charge on any atom is -0.323 e. The highest BCUT2D eigenvalue weighted by molar-refractivity contribution is 6.32. The Morgan fingerprint density at radius 2 is 2.00 bits per heavy atom. The van der Waals surface area contributed by atoms with Crippen LogP contribution in [0.1, 0.15) is 16.5 Å². The maximum atomic E-state index is 12.0. The summed E-state index contributed by atoms with van der Waals surface area (Å²) in [6.07, 6.45) is 3.29. The molecule has 2 aromatic rings. The van der Waals surface area contributed by atoms with E-state index in [0.29, 0.717) is 5.69 Å². The summed E-state index contributed by atoms with van der Waals surface area (Å²) >= 11 is 6.13. The van der Waals surface area contributed by atoms with E-state index in [1.807, 2.05) is 43.3 Å². The number of rotatable bonds is 3. The van der Waals surface area contributed by atoms with Crippen molar-refractivity contribution in [2.75, 3.05) is 5.32 Å². The molecule has 0 bridgehead atoms. The summed E-state index contributed by atoms with van der Waals surface area (Å²) in [4.78, 5) is 16.0. The molecule has 1 N–H and O–H groups in total. The highest BCUT2D eigenvalue weighted by atomic mass is 35.5. The molecule has 0 spiro atoms. The number of nitrogens with zero attached hydrogens (tertiary/aromatic N) is 1. The number of hydrogen-bond acceptors (Lipinski definition) is 2. The molecule has 1 aromatic heterocycles. The number of aryl methyl sites for hydroxylation is 1. The second-order valence-electron chi connectivity index (χ2n) is 3.95. The van der Waals surface area contributed by atoms with Gasteiger partial charge in [-0.3, -0.25) is 9.78 Å². The second-order valence-corrected chi connectivity index (χ2v) is 4.39. The fraction of sp³-hybridized carbons (Fsp3) is 0.143. The van der Waals surface area contributed by atoms with Gasteiger partial charge in [0.1, 0.15) is 5.38 Å². The van der Waals surface area contributed by atoms with E-state index in [1.54, 1.807) is 12.4 Å². The lowest BCUT2D eigenvalue weighted by molar-refractivity contribution is -0.116. The van der Waals surface area contributed by atoms with Gasteiger partial charge in [0.25, 0.3) is 0 Å². The topological polar surface area (TPSA) is 42.0 Å². The van der Waals surface area contributed by atoms with Gasteiger partial charge in [-0.1, -0.05) is 30.3 Å². The quantitative estimate of drug-likeness (QED) is 0.861. The number of carbonyl (C=O) groups excluding carboxylic acids is 1. The third kappa shape index (κ3) is 2.87. The van der Waals surface area contributed by atoms with Crippen LogP contribution in [0, 0.1) is 6.92 Å². The number of hydrogen-bond donors (Lipinski definition) is 1. The Morgan fingerprint density at radius 1 is 1.28 bits per heavy atom. The van der Waals surface area contributed by atoms with Crippen LogP contribution in [0.3, 0.4) is 0 Å². The van der Waals surface area contributed by atoms with E-state index in [0.717, 1.165) is 11.1 Å². The van der Waals surface area contributed by atoms with Gasteiger partial charge in [0.15, 0.2) is 0 Å². The van der Waals surface area contributed by atoms with Crippen molar-refractivity contribution in [3.8, 4) is 0 Å². The summed E-state index contributed by atoms with van der Waals surface area (Å²) in [7, 11) is 0. The van der Waals surface area contributed by atoms with Crippen molar-refractivity contribution in [1.29, 1.82) is 0 Å². The SMILES string of the molecule is Cc1ccncc1NC(=O)C(Cl)c1ccccc1. The van der Waals surface area contributed by atoms with Crippen LogP contribution < -0.4 is 5.32 Å².